The van der Waals surface area contributed by atoms with Crippen LogP contribution in [0.1, 0.15) is 131 Å². The number of rotatable bonds is 12. The molecular weight excluding hydrogens is 998 g/mol. The summed E-state index contributed by atoms with van der Waals surface area (Å²) in [7, 11) is 0. The van der Waals surface area contributed by atoms with E-state index in [-0.39, 0.29) is 24.8 Å². The molecule has 8 rings (SSSR count). The quantitative estimate of drug-likeness (QED) is 0.107. The minimum absolute atomic E-state index is 0. The monoisotopic (exact) mass is 1070 g/mol. The molecule has 0 saturated heterocycles. The van der Waals surface area contributed by atoms with Crippen molar-refractivity contribution in [3.8, 4) is 0 Å². The summed E-state index contributed by atoms with van der Waals surface area (Å²) in [5, 5.41) is 11.3. The summed E-state index contributed by atoms with van der Waals surface area (Å²) in [6.45, 7) is 26.8. The molecule has 352 valence electrons. The fourth-order valence-electron chi connectivity index (χ4n) is 7.51. The third-order valence-electron chi connectivity index (χ3n) is 11.0. The Morgan fingerprint density at radius 2 is 0.515 bits per heavy atom. The van der Waals surface area contributed by atoms with Crippen LogP contribution >= 0.6 is 0 Å². The number of aryl methyl sites for hydroxylation is 4. The van der Waals surface area contributed by atoms with Gasteiger partial charge in [0.25, 0.3) is 0 Å². The minimum Gasteiger partial charge on any atom is -1.00 e. The third kappa shape index (κ3) is 23.6. The van der Waals surface area contributed by atoms with Gasteiger partial charge in [0.15, 0.2) is 0 Å². The van der Waals surface area contributed by atoms with E-state index in [0.717, 1.165) is 23.7 Å². The largest absolute Gasteiger partial charge is 1.00 e. The van der Waals surface area contributed by atoms with Gasteiger partial charge in [0, 0.05) is 0 Å². The topological polar surface area (TPSA) is 0 Å². The second kappa shape index (κ2) is 33.8. The fraction of sp³-hybridized carbons (Fsp3) is 0.387. The van der Waals surface area contributed by atoms with Gasteiger partial charge in [-0.25, -0.2) is 0 Å². The van der Waals surface area contributed by atoms with Crippen LogP contribution in [0.4, 0.5) is 0 Å². The Hall–Kier alpha value is -2.59. The first-order chi connectivity index (χ1) is 30.5. The van der Waals surface area contributed by atoms with Gasteiger partial charge < -0.3 is 24.8 Å². The van der Waals surface area contributed by atoms with Crippen LogP contribution in [0.2, 0.25) is 0 Å². The Labute approximate surface area is 444 Å². The maximum atomic E-state index is 2.28. The summed E-state index contributed by atoms with van der Waals surface area (Å²) in [4.78, 5) is 0. The first-order valence-electron chi connectivity index (χ1n) is 24.1. The molecule has 66 heavy (non-hydrogen) atoms. The minimum atomic E-state index is 0. The zero-order chi connectivity index (χ0) is 47.0. The van der Waals surface area contributed by atoms with E-state index in [2.05, 4.69) is 229 Å². The van der Waals surface area contributed by atoms with Gasteiger partial charge >= 0.3 is 82.6 Å². The second-order valence-electron chi connectivity index (χ2n) is 19.5. The molecule has 0 aromatic heterocycles. The van der Waals surface area contributed by atoms with Crippen molar-refractivity contribution in [2.45, 2.75) is 134 Å². The van der Waals surface area contributed by atoms with Crippen LogP contribution in [0.3, 0.4) is 0 Å². The number of benzene rings is 4. The third-order valence-corrected chi connectivity index (χ3v) is 11.0. The molecular formula is C62H80Cl2Zr2-2. The molecule has 4 heteroatoms. The number of hydrogen-bond acceptors (Lipinski definition) is 0. The van der Waals surface area contributed by atoms with E-state index in [9.17, 15) is 0 Å². The number of fused-ring (bicyclic) bond motifs is 4. The van der Waals surface area contributed by atoms with E-state index < -0.39 is 0 Å². The van der Waals surface area contributed by atoms with E-state index in [1.807, 2.05) is 0 Å². The predicted octanol–water partition coefficient (Wildman–Crippen LogP) is 12.1. The molecule has 0 aliphatic heterocycles. The Morgan fingerprint density at radius 3 is 0.682 bits per heavy atom. The molecule has 0 aliphatic rings. The molecule has 0 bridgehead atoms. The van der Waals surface area contributed by atoms with Gasteiger partial charge in [0.05, 0.1) is 0 Å². The first kappa shape index (κ1) is 61.4. The van der Waals surface area contributed by atoms with Crippen LogP contribution < -0.4 is 24.8 Å². The van der Waals surface area contributed by atoms with Crippen LogP contribution in [0.15, 0.2) is 146 Å². The average molecular weight is 1080 g/mol. The van der Waals surface area contributed by atoms with E-state index >= 15 is 0 Å². The van der Waals surface area contributed by atoms with Crippen molar-refractivity contribution in [1.29, 1.82) is 0 Å². The van der Waals surface area contributed by atoms with Crippen molar-refractivity contribution in [3.63, 3.8) is 0 Å². The predicted molar refractivity (Wildman–Crippen MR) is 284 cm³/mol. The second-order valence-corrected chi connectivity index (χ2v) is 24.4. The summed E-state index contributed by atoms with van der Waals surface area (Å²) in [6.07, 6.45) is 10.00. The average Bonchev–Trinajstić information content (AvgIpc) is 4.06. The van der Waals surface area contributed by atoms with Crippen LogP contribution in [0.5, 0.6) is 0 Å². The van der Waals surface area contributed by atoms with Crippen LogP contribution in [0.25, 0.3) is 43.1 Å². The van der Waals surface area contributed by atoms with Crippen molar-refractivity contribution in [2.75, 3.05) is 0 Å². The number of halogens is 2. The fourth-order valence-corrected chi connectivity index (χ4v) is 7.51. The molecule has 8 aromatic carbocycles. The molecule has 0 atom stereocenters. The van der Waals surface area contributed by atoms with Gasteiger partial charge in [-0.2, -0.15) is 22.3 Å². The van der Waals surface area contributed by atoms with Gasteiger partial charge in [-0.3, -0.25) is 0 Å². The molecule has 0 heterocycles. The standard InChI is InChI=1S/4C14H17.2C3H6.2ClH.2Zr/c4*1-11(2)7-8-13-10-9-12-5-3-4-6-14(12)13;2*1-3-2;;;;/h4*3-6,9-11H,7-8H2,1-2H3;2*1-2H3;2*1H;;/q4*-1;;;;;2*+2/p-2. The smallest absolute Gasteiger partial charge is 1.00 e. The zero-order valence-electron chi connectivity index (χ0n) is 42.6. The zero-order valence-corrected chi connectivity index (χ0v) is 49.0. The molecule has 0 fully saturated rings. The van der Waals surface area contributed by atoms with Gasteiger partial charge in [-0.15, -0.1) is 164 Å². The molecule has 0 saturated carbocycles. The van der Waals surface area contributed by atoms with Crippen LogP contribution in [-0.4, -0.2) is 6.41 Å². The molecule has 0 nitrogen and oxygen atoms in total. The van der Waals surface area contributed by atoms with Gasteiger partial charge in [-0.1, -0.05) is 131 Å². The van der Waals surface area contributed by atoms with Gasteiger partial charge in [-0.05, 0) is 23.7 Å². The Balaban J connectivity index is 0.000000413. The van der Waals surface area contributed by atoms with E-state index in [4.69, 9.17) is 0 Å². The summed E-state index contributed by atoms with van der Waals surface area (Å²) >= 11 is 3.11. The van der Waals surface area contributed by atoms with Crippen molar-refractivity contribution >= 4 is 49.5 Å². The Kier molecular flexibility index (Phi) is 31.5. The first-order valence-corrected chi connectivity index (χ1v) is 26.6. The molecule has 0 spiro atoms. The SMILES string of the molecule is CC(C)CCc1c[cH-]c2ccccc12.CC(C)CCc1c[cH-]c2ccccc12.CC(C)CCc1c[cH-]c2ccccc12.CC(C)CCc1c[cH-]c2ccccc12.C[C](C)=[Zr+2].C[C](C)=[Zr+2].[Cl-].[Cl-]. The van der Waals surface area contributed by atoms with Gasteiger partial charge in [0.1, 0.15) is 0 Å². The van der Waals surface area contributed by atoms with Gasteiger partial charge in [0.2, 0.25) is 0 Å². The summed E-state index contributed by atoms with van der Waals surface area (Å²) in [5.41, 5.74) is 6.03. The molecule has 8 aromatic rings. The summed E-state index contributed by atoms with van der Waals surface area (Å²) < 4.78 is 3.01. The van der Waals surface area contributed by atoms with Crippen molar-refractivity contribution < 1.29 is 73.3 Å². The molecule has 0 unspecified atom stereocenters. The molecule has 0 aliphatic carbocycles. The summed E-state index contributed by atoms with van der Waals surface area (Å²) in [6, 6.07) is 52.6. The summed E-state index contributed by atoms with van der Waals surface area (Å²) in [5.74, 6) is 3.18. The van der Waals surface area contributed by atoms with Crippen molar-refractivity contribution in [1.82, 2.24) is 0 Å². The normalized spacial score (nSPS) is 10.5. The molecule has 0 amide bonds. The van der Waals surface area contributed by atoms with Crippen LogP contribution in [-0.2, 0) is 74.2 Å². The van der Waals surface area contributed by atoms with E-state index in [0.29, 0.717) is 0 Å². The number of hydrogen-bond donors (Lipinski definition) is 0. The maximum Gasteiger partial charge on any atom is -1.00 e. The Morgan fingerprint density at radius 1 is 0.348 bits per heavy atom. The van der Waals surface area contributed by atoms with Crippen molar-refractivity contribution in [3.05, 3.63) is 168 Å². The van der Waals surface area contributed by atoms with Crippen LogP contribution in [0, 0.1) is 23.7 Å². The van der Waals surface area contributed by atoms with E-state index in [1.54, 1.807) is 48.5 Å². The van der Waals surface area contributed by atoms with Crippen molar-refractivity contribution in [2.24, 2.45) is 23.7 Å². The van der Waals surface area contributed by atoms with E-state index in [1.165, 1.54) is 123 Å². The Bertz CT molecular complexity index is 2160. The molecule has 0 radical (unpaired) electrons. The maximum absolute atomic E-state index is 2.28. The molecule has 0 N–H and O–H groups in total.